The fourth-order valence-electron chi connectivity index (χ4n) is 2.80. The molecule has 2 atom stereocenters. The van der Waals surface area contributed by atoms with Gasteiger partial charge in [-0.25, -0.2) is 0 Å². The van der Waals surface area contributed by atoms with Crippen molar-refractivity contribution in [2.24, 2.45) is 5.73 Å². The molecule has 2 unspecified atom stereocenters. The highest BCUT2D eigenvalue weighted by molar-refractivity contribution is 6.31. The van der Waals surface area contributed by atoms with Crippen molar-refractivity contribution in [2.45, 2.75) is 64.1 Å². The molecule has 1 aromatic rings. The molecule has 18 heavy (non-hydrogen) atoms. The highest BCUT2D eigenvalue weighted by Crippen LogP contribution is 2.34. The van der Waals surface area contributed by atoms with Crippen LogP contribution in [0.5, 0.6) is 0 Å². The van der Waals surface area contributed by atoms with E-state index in [0.717, 1.165) is 37.2 Å². The average molecular weight is 272 g/mol. The summed E-state index contributed by atoms with van der Waals surface area (Å²) in [6.07, 6.45) is 3.66. The molecular weight excluding hydrogens is 250 g/mol. The quantitative estimate of drug-likeness (QED) is 0.879. The molecular formula is C13H22ClN3O. The summed E-state index contributed by atoms with van der Waals surface area (Å²) >= 11 is 6.36. The molecule has 1 saturated carbocycles. The van der Waals surface area contributed by atoms with E-state index < -0.39 is 5.60 Å². The van der Waals surface area contributed by atoms with E-state index in [1.54, 1.807) is 0 Å². The smallest absolute Gasteiger partial charge is 0.0850 e. The molecule has 4 nitrogen and oxygen atoms in total. The van der Waals surface area contributed by atoms with Gasteiger partial charge in [-0.1, -0.05) is 18.5 Å². The van der Waals surface area contributed by atoms with Gasteiger partial charge in [0.1, 0.15) is 0 Å². The molecule has 1 aliphatic carbocycles. The first-order chi connectivity index (χ1) is 8.49. The van der Waals surface area contributed by atoms with Crippen LogP contribution in [0.25, 0.3) is 0 Å². The molecule has 5 heteroatoms. The van der Waals surface area contributed by atoms with Crippen molar-refractivity contribution < 1.29 is 5.11 Å². The molecule has 1 fully saturated rings. The SMILES string of the molecule is CCc1nn(CC)c(CC2(O)CCC(N)C2)c1Cl. The molecule has 102 valence electrons. The van der Waals surface area contributed by atoms with Crippen LogP contribution < -0.4 is 5.73 Å². The standard InChI is InChI=1S/C13H22ClN3O/c1-3-10-12(14)11(17(4-2)16-10)8-13(18)6-5-9(15)7-13/h9,18H,3-8,15H2,1-2H3. The van der Waals surface area contributed by atoms with Gasteiger partial charge in [-0.3, -0.25) is 4.68 Å². The van der Waals surface area contributed by atoms with Crippen molar-refractivity contribution in [3.05, 3.63) is 16.4 Å². The van der Waals surface area contributed by atoms with Crippen LogP contribution in [0, 0.1) is 0 Å². The van der Waals surface area contributed by atoms with Crippen LogP contribution in [-0.4, -0.2) is 26.5 Å². The lowest BCUT2D eigenvalue weighted by Crippen LogP contribution is -2.31. The molecule has 0 aliphatic heterocycles. The normalized spacial score (nSPS) is 27.9. The fraction of sp³-hybridized carbons (Fsp3) is 0.769. The van der Waals surface area contributed by atoms with Gasteiger partial charge in [-0.05, 0) is 32.6 Å². The first kappa shape index (κ1) is 13.8. The minimum Gasteiger partial charge on any atom is -0.389 e. The summed E-state index contributed by atoms with van der Waals surface area (Å²) in [4.78, 5) is 0. The maximum Gasteiger partial charge on any atom is 0.0850 e. The van der Waals surface area contributed by atoms with Gasteiger partial charge in [-0.15, -0.1) is 0 Å². The van der Waals surface area contributed by atoms with E-state index in [4.69, 9.17) is 17.3 Å². The van der Waals surface area contributed by atoms with Crippen LogP contribution in [0.3, 0.4) is 0 Å². The van der Waals surface area contributed by atoms with Gasteiger partial charge in [0.15, 0.2) is 0 Å². The van der Waals surface area contributed by atoms with Crippen molar-refractivity contribution in [1.82, 2.24) is 9.78 Å². The lowest BCUT2D eigenvalue weighted by Gasteiger charge is -2.23. The fourth-order valence-corrected chi connectivity index (χ4v) is 3.14. The number of nitrogens with two attached hydrogens (primary N) is 1. The van der Waals surface area contributed by atoms with E-state index in [1.165, 1.54) is 0 Å². The van der Waals surface area contributed by atoms with Crippen LogP contribution in [0.2, 0.25) is 5.02 Å². The van der Waals surface area contributed by atoms with Crippen LogP contribution in [0.4, 0.5) is 0 Å². The largest absolute Gasteiger partial charge is 0.389 e. The maximum absolute atomic E-state index is 10.6. The Labute approximate surface area is 113 Å². The first-order valence-corrected chi connectivity index (χ1v) is 7.09. The Kier molecular flexibility index (Phi) is 3.99. The Hall–Kier alpha value is -0.580. The van der Waals surface area contributed by atoms with Crippen molar-refractivity contribution >= 4 is 11.6 Å². The third-order valence-corrected chi connectivity index (χ3v) is 4.25. The first-order valence-electron chi connectivity index (χ1n) is 6.71. The third-order valence-electron chi connectivity index (χ3n) is 3.81. The summed E-state index contributed by atoms with van der Waals surface area (Å²) in [5, 5.41) is 15.8. The number of aryl methyl sites for hydroxylation is 2. The number of hydrogen-bond acceptors (Lipinski definition) is 3. The van der Waals surface area contributed by atoms with Crippen molar-refractivity contribution in [2.75, 3.05) is 0 Å². The minimum absolute atomic E-state index is 0.109. The van der Waals surface area contributed by atoms with E-state index in [0.29, 0.717) is 17.9 Å². The van der Waals surface area contributed by atoms with Gasteiger partial charge in [-0.2, -0.15) is 5.10 Å². The van der Waals surface area contributed by atoms with E-state index in [-0.39, 0.29) is 6.04 Å². The lowest BCUT2D eigenvalue weighted by atomic mass is 9.95. The Morgan fingerprint density at radius 1 is 1.56 bits per heavy atom. The summed E-state index contributed by atoms with van der Waals surface area (Å²) in [5.74, 6) is 0. The van der Waals surface area contributed by atoms with Crippen LogP contribution in [-0.2, 0) is 19.4 Å². The Balaban J connectivity index is 2.25. The molecule has 0 aromatic carbocycles. The molecule has 0 spiro atoms. The predicted molar refractivity (Wildman–Crippen MR) is 72.8 cm³/mol. The molecule has 2 rings (SSSR count). The topological polar surface area (TPSA) is 64.1 Å². The number of halogens is 1. The Morgan fingerprint density at radius 2 is 2.28 bits per heavy atom. The van der Waals surface area contributed by atoms with Crippen LogP contribution >= 0.6 is 11.6 Å². The number of nitrogens with zero attached hydrogens (tertiary/aromatic N) is 2. The van der Waals surface area contributed by atoms with Crippen LogP contribution in [0.1, 0.15) is 44.5 Å². The van der Waals surface area contributed by atoms with Gasteiger partial charge < -0.3 is 10.8 Å². The van der Waals surface area contributed by atoms with E-state index in [9.17, 15) is 5.11 Å². The van der Waals surface area contributed by atoms with E-state index in [2.05, 4.69) is 5.10 Å². The molecule has 3 N–H and O–H groups in total. The van der Waals surface area contributed by atoms with Gasteiger partial charge in [0.25, 0.3) is 0 Å². The average Bonchev–Trinajstić information content (AvgIpc) is 2.82. The second-order valence-corrected chi connectivity index (χ2v) is 5.66. The molecule has 0 saturated heterocycles. The van der Waals surface area contributed by atoms with Crippen molar-refractivity contribution in [3.63, 3.8) is 0 Å². The van der Waals surface area contributed by atoms with Crippen LogP contribution in [0.15, 0.2) is 0 Å². The monoisotopic (exact) mass is 271 g/mol. The second-order valence-electron chi connectivity index (χ2n) is 5.28. The molecule has 1 aliphatic rings. The molecule has 1 aromatic heterocycles. The molecule has 0 radical (unpaired) electrons. The van der Waals surface area contributed by atoms with E-state index in [1.807, 2.05) is 18.5 Å². The number of aliphatic hydroxyl groups is 1. The summed E-state index contributed by atoms with van der Waals surface area (Å²) in [6.45, 7) is 4.85. The number of hydrogen-bond donors (Lipinski definition) is 2. The van der Waals surface area contributed by atoms with Gasteiger partial charge in [0, 0.05) is 19.0 Å². The number of rotatable bonds is 4. The summed E-state index contributed by atoms with van der Waals surface area (Å²) < 4.78 is 1.91. The van der Waals surface area contributed by atoms with E-state index >= 15 is 0 Å². The molecule has 0 bridgehead atoms. The zero-order chi connectivity index (χ0) is 13.3. The highest BCUT2D eigenvalue weighted by atomic mass is 35.5. The lowest BCUT2D eigenvalue weighted by molar-refractivity contribution is 0.0448. The summed E-state index contributed by atoms with van der Waals surface area (Å²) in [6, 6.07) is 0.109. The van der Waals surface area contributed by atoms with Crippen molar-refractivity contribution in [3.8, 4) is 0 Å². The Morgan fingerprint density at radius 3 is 2.78 bits per heavy atom. The number of aromatic nitrogens is 2. The zero-order valence-corrected chi connectivity index (χ0v) is 11.9. The minimum atomic E-state index is -0.707. The third kappa shape index (κ3) is 2.56. The molecule has 1 heterocycles. The summed E-state index contributed by atoms with van der Waals surface area (Å²) in [5.41, 5.74) is 7.05. The van der Waals surface area contributed by atoms with Gasteiger partial charge >= 0.3 is 0 Å². The summed E-state index contributed by atoms with van der Waals surface area (Å²) in [7, 11) is 0. The van der Waals surface area contributed by atoms with Gasteiger partial charge in [0.2, 0.25) is 0 Å². The van der Waals surface area contributed by atoms with Crippen molar-refractivity contribution in [1.29, 1.82) is 0 Å². The maximum atomic E-state index is 10.6. The predicted octanol–water partition coefficient (Wildman–Crippen LogP) is 1.90. The second kappa shape index (κ2) is 5.19. The molecule has 0 amide bonds. The zero-order valence-electron chi connectivity index (χ0n) is 11.1. The highest BCUT2D eigenvalue weighted by Gasteiger charge is 2.37. The van der Waals surface area contributed by atoms with Gasteiger partial charge in [0.05, 0.1) is 22.0 Å². The Bertz CT molecular complexity index is 432.